The molecule has 1 amide bonds. The molecule has 0 saturated carbocycles. The van der Waals surface area contributed by atoms with Gasteiger partial charge >= 0.3 is 5.97 Å². The van der Waals surface area contributed by atoms with Crippen molar-refractivity contribution < 1.29 is 19.4 Å². The first-order chi connectivity index (χ1) is 16.9. The average Bonchev–Trinajstić information content (AvgIpc) is 2.91. The number of rotatable bonds is 7. The number of phenols is 1. The van der Waals surface area contributed by atoms with Gasteiger partial charge in [0.1, 0.15) is 5.75 Å². The Labute approximate surface area is 204 Å². The number of hydrogen-bond donors (Lipinski definition) is 2. The molecule has 0 aromatic heterocycles. The summed E-state index contributed by atoms with van der Waals surface area (Å²) in [6.45, 7) is 0.390. The Morgan fingerprint density at radius 2 is 1.40 bits per heavy atom. The Kier molecular flexibility index (Phi) is 7.12. The number of benzene rings is 4. The van der Waals surface area contributed by atoms with Gasteiger partial charge in [-0.1, -0.05) is 36.4 Å². The van der Waals surface area contributed by atoms with Crippen LogP contribution >= 0.6 is 0 Å². The molecule has 4 aromatic carbocycles. The highest BCUT2D eigenvalue weighted by atomic mass is 16.5. The molecule has 0 radical (unpaired) electrons. The topological polar surface area (TPSA) is 78.9 Å². The summed E-state index contributed by atoms with van der Waals surface area (Å²) in [5, 5.41) is 12.4. The van der Waals surface area contributed by atoms with Gasteiger partial charge in [-0.05, 0) is 77.4 Å². The van der Waals surface area contributed by atoms with Gasteiger partial charge in [0.15, 0.2) is 0 Å². The Morgan fingerprint density at radius 3 is 2.03 bits per heavy atom. The van der Waals surface area contributed by atoms with E-state index in [1.54, 1.807) is 36.4 Å². The lowest BCUT2D eigenvalue weighted by Crippen LogP contribution is -2.22. The van der Waals surface area contributed by atoms with Crippen molar-refractivity contribution in [1.29, 1.82) is 0 Å². The minimum atomic E-state index is -0.369. The van der Waals surface area contributed by atoms with Gasteiger partial charge < -0.3 is 20.1 Å². The van der Waals surface area contributed by atoms with Crippen LogP contribution in [0.15, 0.2) is 97.1 Å². The molecule has 4 rings (SSSR count). The summed E-state index contributed by atoms with van der Waals surface area (Å²) in [6.07, 6.45) is 0. The van der Waals surface area contributed by atoms with Crippen molar-refractivity contribution in [3.05, 3.63) is 114 Å². The van der Waals surface area contributed by atoms with Gasteiger partial charge in [0.2, 0.25) is 0 Å². The van der Waals surface area contributed by atoms with Crippen LogP contribution in [0.3, 0.4) is 0 Å². The molecule has 0 atom stereocenters. The van der Waals surface area contributed by atoms with Gasteiger partial charge in [0.25, 0.3) is 5.91 Å². The highest BCUT2D eigenvalue weighted by molar-refractivity contribution is 5.94. The molecular weight excluding hydrogens is 440 g/mol. The predicted molar refractivity (Wildman–Crippen MR) is 137 cm³/mol. The van der Waals surface area contributed by atoms with Crippen molar-refractivity contribution in [1.82, 2.24) is 5.32 Å². The van der Waals surface area contributed by atoms with Crippen LogP contribution in [0.1, 0.15) is 26.3 Å². The van der Waals surface area contributed by atoms with Crippen LogP contribution in [-0.4, -0.2) is 31.1 Å². The molecule has 0 bridgehead atoms. The third kappa shape index (κ3) is 5.68. The first-order valence-corrected chi connectivity index (χ1v) is 11.1. The number of esters is 1. The van der Waals surface area contributed by atoms with Gasteiger partial charge in [-0.15, -0.1) is 0 Å². The number of phenolic OH excluding ortho intramolecular Hbond substituents is 1. The van der Waals surface area contributed by atoms with E-state index in [0.29, 0.717) is 17.7 Å². The van der Waals surface area contributed by atoms with Crippen LogP contribution < -0.4 is 10.2 Å². The molecule has 0 aliphatic heterocycles. The number of nitrogens with one attached hydrogen (secondary N) is 1. The largest absolute Gasteiger partial charge is 0.508 e. The van der Waals surface area contributed by atoms with E-state index in [1.807, 2.05) is 72.6 Å². The first kappa shape index (κ1) is 23.6. The summed E-state index contributed by atoms with van der Waals surface area (Å²) in [4.78, 5) is 26.3. The van der Waals surface area contributed by atoms with E-state index >= 15 is 0 Å². The zero-order chi connectivity index (χ0) is 24.8. The molecule has 0 aliphatic rings. The standard InChI is InChI=1S/C29H26N2O4/c1-31(25-14-10-24(11-15-25)29(34)35-2)26-5-3-4-20(18-26)19-30-28(33)23-8-6-21(7-9-23)22-12-16-27(32)17-13-22/h3-18,32H,19H2,1-2H3,(H,30,33). The van der Waals surface area contributed by atoms with Crippen LogP contribution in [0.2, 0.25) is 0 Å². The Hall–Kier alpha value is -4.58. The Bertz CT molecular complexity index is 1310. The zero-order valence-corrected chi connectivity index (χ0v) is 19.6. The van der Waals surface area contributed by atoms with E-state index in [2.05, 4.69) is 5.32 Å². The lowest BCUT2D eigenvalue weighted by atomic mass is 10.0. The van der Waals surface area contributed by atoms with E-state index in [1.165, 1.54) is 7.11 Å². The molecule has 0 saturated heterocycles. The van der Waals surface area contributed by atoms with Crippen LogP contribution in [0.4, 0.5) is 11.4 Å². The number of amides is 1. The van der Waals surface area contributed by atoms with Crippen molar-refractivity contribution in [3.63, 3.8) is 0 Å². The van der Waals surface area contributed by atoms with Crippen molar-refractivity contribution >= 4 is 23.3 Å². The molecule has 0 unspecified atom stereocenters. The molecule has 6 heteroatoms. The van der Waals surface area contributed by atoms with Gasteiger partial charge in [-0.2, -0.15) is 0 Å². The summed E-state index contributed by atoms with van der Waals surface area (Å²) in [6, 6.07) is 29.4. The molecule has 35 heavy (non-hydrogen) atoms. The monoisotopic (exact) mass is 466 g/mol. The first-order valence-electron chi connectivity index (χ1n) is 11.1. The Balaban J connectivity index is 1.39. The van der Waals surface area contributed by atoms with Crippen LogP contribution in [0, 0.1) is 0 Å². The molecule has 0 heterocycles. The van der Waals surface area contributed by atoms with E-state index in [9.17, 15) is 14.7 Å². The van der Waals surface area contributed by atoms with Crippen LogP contribution in [0.5, 0.6) is 5.75 Å². The summed E-state index contributed by atoms with van der Waals surface area (Å²) in [5.41, 5.74) is 5.86. The number of methoxy groups -OCH3 is 1. The predicted octanol–water partition coefficient (Wildman–Crippen LogP) is 5.54. The Morgan fingerprint density at radius 1 is 0.800 bits per heavy atom. The van der Waals surface area contributed by atoms with E-state index in [0.717, 1.165) is 28.1 Å². The van der Waals surface area contributed by atoms with Crippen molar-refractivity contribution in [2.45, 2.75) is 6.54 Å². The molecular formula is C29H26N2O4. The molecule has 4 aromatic rings. The third-order valence-corrected chi connectivity index (χ3v) is 5.77. The second kappa shape index (κ2) is 10.6. The number of hydrogen-bond acceptors (Lipinski definition) is 5. The van der Waals surface area contributed by atoms with Crippen LogP contribution in [0.25, 0.3) is 11.1 Å². The fraction of sp³-hybridized carbons (Fsp3) is 0.103. The number of carbonyl (C=O) groups is 2. The highest BCUT2D eigenvalue weighted by Gasteiger charge is 2.10. The SMILES string of the molecule is COC(=O)c1ccc(N(C)c2cccc(CNC(=O)c3ccc(-c4ccc(O)cc4)cc3)c2)cc1. The average molecular weight is 467 g/mol. The van der Waals surface area contributed by atoms with Crippen LogP contribution in [-0.2, 0) is 11.3 Å². The molecule has 176 valence electrons. The van der Waals surface area contributed by atoms with Gasteiger partial charge in [-0.3, -0.25) is 4.79 Å². The fourth-order valence-corrected chi connectivity index (χ4v) is 3.72. The zero-order valence-electron chi connectivity index (χ0n) is 19.6. The third-order valence-electron chi connectivity index (χ3n) is 5.77. The van der Waals surface area contributed by atoms with E-state index in [4.69, 9.17) is 4.74 Å². The molecule has 0 aliphatic carbocycles. The summed E-state index contributed by atoms with van der Waals surface area (Å²) in [5.74, 6) is -0.303. The second-order valence-electron chi connectivity index (χ2n) is 8.07. The lowest BCUT2D eigenvalue weighted by Gasteiger charge is -2.20. The smallest absolute Gasteiger partial charge is 0.337 e. The minimum Gasteiger partial charge on any atom is -0.508 e. The van der Waals surface area contributed by atoms with E-state index < -0.39 is 0 Å². The van der Waals surface area contributed by atoms with E-state index in [-0.39, 0.29) is 17.6 Å². The fourth-order valence-electron chi connectivity index (χ4n) is 3.72. The number of anilines is 2. The molecule has 0 fully saturated rings. The van der Waals surface area contributed by atoms with Gasteiger partial charge in [0, 0.05) is 30.5 Å². The molecule has 0 spiro atoms. The summed E-state index contributed by atoms with van der Waals surface area (Å²) in [7, 11) is 3.31. The molecule has 2 N–H and O–H groups in total. The van der Waals surface area contributed by atoms with Crippen molar-refractivity contribution in [2.75, 3.05) is 19.1 Å². The normalized spacial score (nSPS) is 10.5. The van der Waals surface area contributed by atoms with Gasteiger partial charge in [-0.25, -0.2) is 4.79 Å². The van der Waals surface area contributed by atoms with Crippen molar-refractivity contribution in [2.24, 2.45) is 0 Å². The quantitative estimate of drug-likeness (QED) is 0.350. The number of ether oxygens (including phenoxy) is 1. The number of carbonyl (C=O) groups excluding carboxylic acids is 2. The maximum Gasteiger partial charge on any atom is 0.337 e. The molecule has 6 nitrogen and oxygen atoms in total. The van der Waals surface area contributed by atoms with Crippen molar-refractivity contribution in [3.8, 4) is 16.9 Å². The maximum atomic E-state index is 12.7. The maximum absolute atomic E-state index is 12.7. The number of nitrogens with zero attached hydrogens (tertiary/aromatic N) is 1. The van der Waals surface area contributed by atoms with Gasteiger partial charge in [0.05, 0.1) is 12.7 Å². The second-order valence-corrected chi connectivity index (χ2v) is 8.07. The highest BCUT2D eigenvalue weighted by Crippen LogP contribution is 2.25. The summed E-state index contributed by atoms with van der Waals surface area (Å²) < 4.78 is 4.75. The lowest BCUT2D eigenvalue weighted by molar-refractivity contribution is 0.0600. The minimum absolute atomic E-state index is 0.153. The summed E-state index contributed by atoms with van der Waals surface area (Å²) >= 11 is 0. The number of aromatic hydroxyl groups is 1.